The van der Waals surface area contributed by atoms with E-state index in [1.165, 1.54) is 30.6 Å². The topological polar surface area (TPSA) is 16.1 Å². The van der Waals surface area contributed by atoms with E-state index in [2.05, 4.69) is 16.9 Å². The zero-order valence-electron chi connectivity index (χ0n) is 9.03. The van der Waals surface area contributed by atoms with Crippen LogP contribution in [0.3, 0.4) is 0 Å². The van der Waals surface area contributed by atoms with Crippen LogP contribution in [0.25, 0.3) is 0 Å². The predicted molar refractivity (Wildman–Crippen MR) is 65.5 cm³/mol. The molecule has 0 bridgehead atoms. The average Bonchev–Trinajstić information content (AvgIpc) is 2.71. The van der Waals surface area contributed by atoms with Crippen LogP contribution in [-0.2, 0) is 6.54 Å². The van der Waals surface area contributed by atoms with Gasteiger partial charge in [-0.05, 0) is 19.9 Å². The molecule has 0 aliphatic heterocycles. The molecule has 1 aliphatic carbocycles. The third-order valence-electron chi connectivity index (χ3n) is 3.10. The van der Waals surface area contributed by atoms with Gasteiger partial charge in [-0.25, -0.2) is 0 Å². The molecule has 1 aromatic heterocycles. The Balaban J connectivity index is 1.91. The zero-order valence-corrected chi connectivity index (χ0v) is 10.6. The molecule has 4 heteroatoms. The Hall–Kier alpha value is -0.120. The number of aromatic nitrogens is 1. The van der Waals surface area contributed by atoms with Crippen molar-refractivity contribution in [1.29, 1.82) is 0 Å². The molecular weight excluding hydrogens is 228 g/mol. The van der Waals surface area contributed by atoms with Crippen LogP contribution < -0.4 is 0 Å². The van der Waals surface area contributed by atoms with Gasteiger partial charge in [0.05, 0.1) is 5.51 Å². The van der Waals surface area contributed by atoms with E-state index in [1.807, 2.05) is 11.7 Å². The maximum absolute atomic E-state index is 6.36. The number of hydrogen-bond donors (Lipinski definition) is 0. The first-order chi connectivity index (χ1) is 7.27. The smallest absolute Gasteiger partial charge is 0.0794 e. The second-order valence-electron chi connectivity index (χ2n) is 4.25. The molecule has 0 amide bonds. The minimum absolute atomic E-state index is 0.330. The molecule has 84 valence electrons. The molecule has 0 saturated heterocycles. The molecule has 0 spiro atoms. The maximum atomic E-state index is 6.36. The quantitative estimate of drug-likeness (QED) is 0.760. The summed E-state index contributed by atoms with van der Waals surface area (Å²) >= 11 is 8.08. The van der Waals surface area contributed by atoms with Gasteiger partial charge in [-0.1, -0.05) is 12.8 Å². The van der Waals surface area contributed by atoms with Gasteiger partial charge in [0, 0.05) is 29.0 Å². The van der Waals surface area contributed by atoms with Crippen molar-refractivity contribution >= 4 is 22.9 Å². The first-order valence-electron chi connectivity index (χ1n) is 5.49. The maximum Gasteiger partial charge on any atom is 0.0794 e. The monoisotopic (exact) mass is 244 g/mol. The normalized spacial score (nSPS) is 27.1. The van der Waals surface area contributed by atoms with Crippen molar-refractivity contribution < 1.29 is 0 Å². The molecule has 2 atom stereocenters. The highest BCUT2D eigenvalue weighted by molar-refractivity contribution is 7.09. The molecular formula is C11H17ClN2S. The van der Waals surface area contributed by atoms with E-state index in [9.17, 15) is 0 Å². The van der Waals surface area contributed by atoms with Crippen molar-refractivity contribution in [3.63, 3.8) is 0 Å². The third-order valence-corrected chi connectivity index (χ3v) is 4.38. The van der Waals surface area contributed by atoms with Crippen molar-refractivity contribution in [2.24, 2.45) is 0 Å². The second-order valence-corrected chi connectivity index (χ2v) is 5.78. The fraction of sp³-hybridized carbons (Fsp3) is 0.727. The Morgan fingerprint density at radius 2 is 2.33 bits per heavy atom. The molecule has 0 N–H and O–H groups in total. The van der Waals surface area contributed by atoms with Crippen LogP contribution in [0.1, 0.15) is 30.6 Å². The lowest BCUT2D eigenvalue weighted by Gasteiger charge is -2.34. The van der Waals surface area contributed by atoms with Crippen molar-refractivity contribution in [1.82, 2.24) is 9.88 Å². The zero-order chi connectivity index (χ0) is 10.7. The van der Waals surface area contributed by atoms with Gasteiger partial charge in [-0.3, -0.25) is 9.88 Å². The van der Waals surface area contributed by atoms with E-state index in [0.717, 1.165) is 6.54 Å². The summed E-state index contributed by atoms with van der Waals surface area (Å²) in [5.41, 5.74) is 1.89. The van der Waals surface area contributed by atoms with Crippen LogP contribution in [0.5, 0.6) is 0 Å². The minimum atomic E-state index is 0.330. The van der Waals surface area contributed by atoms with E-state index < -0.39 is 0 Å². The number of nitrogens with zero attached hydrogens (tertiary/aromatic N) is 2. The fourth-order valence-corrected chi connectivity index (χ4v) is 3.38. The highest BCUT2D eigenvalue weighted by Gasteiger charge is 2.26. The van der Waals surface area contributed by atoms with Crippen molar-refractivity contribution in [2.75, 3.05) is 7.05 Å². The lowest BCUT2D eigenvalue weighted by molar-refractivity contribution is 0.190. The molecule has 1 saturated carbocycles. The molecule has 15 heavy (non-hydrogen) atoms. The molecule has 1 aliphatic rings. The van der Waals surface area contributed by atoms with Crippen LogP contribution >= 0.6 is 22.9 Å². The summed E-state index contributed by atoms with van der Waals surface area (Å²) in [6, 6.07) is 0.544. The molecule has 2 unspecified atom stereocenters. The number of hydrogen-bond acceptors (Lipinski definition) is 3. The van der Waals surface area contributed by atoms with E-state index in [0.29, 0.717) is 11.4 Å². The number of rotatable bonds is 3. The summed E-state index contributed by atoms with van der Waals surface area (Å²) in [6.45, 7) is 0.985. The van der Waals surface area contributed by atoms with Crippen molar-refractivity contribution in [2.45, 2.75) is 43.6 Å². The summed E-state index contributed by atoms with van der Waals surface area (Å²) in [7, 11) is 2.17. The number of alkyl halides is 1. The Labute approximate surface area is 100 Å². The molecule has 1 heterocycles. The SMILES string of the molecule is CN(Cc1cncs1)C1CCCCC1Cl. The highest BCUT2D eigenvalue weighted by Crippen LogP contribution is 2.27. The van der Waals surface area contributed by atoms with Gasteiger partial charge in [0.1, 0.15) is 0 Å². The van der Waals surface area contributed by atoms with Crippen LogP contribution in [0.2, 0.25) is 0 Å². The Bertz CT molecular complexity index is 289. The second kappa shape index (κ2) is 5.28. The molecule has 2 nitrogen and oxygen atoms in total. The average molecular weight is 245 g/mol. The van der Waals surface area contributed by atoms with Gasteiger partial charge in [-0.15, -0.1) is 22.9 Å². The molecule has 1 aromatic rings. The van der Waals surface area contributed by atoms with Gasteiger partial charge in [0.15, 0.2) is 0 Å². The van der Waals surface area contributed by atoms with Crippen LogP contribution in [0.15, 0.2) is 11.7 Å². The van der Waals surface area contributed by atoms with Crippen LogP contribution in [0, 0.1) is 0 Å². The van der Waals surface area contributed by atoms with E-state index in [1.54, 1.807) is 11.3 Å². The van der Waals surface area contributed by atoms with E-state index >= 15 is 0 Å². The Morgan fingerprint density at radius 3 is 3.00 bits per heavy atom. The summed E-state index contributed by atoms with van der Waals surface area (Å²) in [4.78, 5) is 7.80. The largest absolute Gasteiger partial charge is 0.297 e. The molecule has 2 rings (SSSR count). The molecule has 1 fully saturated rings. The summed E-state index contributed by atoms with van der Waals surface area (Å²) < 4.78 is 0. The van der Waals surface area contributed by atoms with Gasteiger partial charge in [-0.2, -0.15) is 0 Å². The van der Waals surface area contributed by atoms with E-state index in [4.69, 9.17) is 11.6 Å². The van der Waals surface area contributed by atoms with Crippen LogP contribution in [-0.4, -0.2) is 28.4 Å². The first kappa shape index (κ1) is 11.4. The van der Waals surface area contributed by atoms with Crippen molar-refractivity contribution in [3.8, 4) is 0 Å². The summed E-state index contributed by atoms with van der Waals surface area (Å²) in [6.07, 6.45) is 6.97. The lowest BCUT2D eigenvalue weighted by Crippen LogP contribution is -2.40. The number of halogens is 1. The number of thiazole rings is 1. The Morgan fingerprint density at radius 1 is 1.53 bits per heavy atom. The lowest BCUT2D eigenvalue weighted by atomic mass is 9.94. The summed E-state index contributed by atoms with van der Waals surface area (Å²) in [5.74, 6) is 0. The molecule has 0 radical (unpaired) electrons. The molecule has 0 aromatic carbocycles. The van der Waals surface area contributed by atoms with Crippen LogP contribution in [0.4, 0.5) is 0 Å². The van der Waals surface area contributed by atoms with Gasteiger partial charge >= 0.3 is 0 Å². The van der Waals surface area contributed by atoms with Gasteiger partial charge < -0.3 is 0 Å². The van der Waals surface area contributed by atoms with Gasteiger partial charge in [0.2, 0.25) is 0 Å². The summed E-state index contributed by atoms with van der Waals surface area (Å²) in [5, 5.41) is 0.330. The minimum Gasteiger partial charge on any atom is -0.297 e. The Kier molecular flexibility index (Phi) is 4.00. The fourth-order valence-electron chi connectivity index (χ4n) is 2.25. The first-order valence-corrected chi connectivity index (χ1v) is 6.80. The van der Waals surface area contributed by atoms with Crippen molar-refractivity contribution in [3.05, 3.63) is 16.6 Å². The van der Waals surface area contributed by atoms with Gasteiger partial charge in [0.25, 0.3) is 0 Å². The highest BCUT2D eigenvalue weighted by atomic mass is 35.5. The third kappa shape index (κ3) is 2.92. The van der Waals surface area contributed by atoms with E-state index in [-0.39, 0.29) is 0 Å². The predicted octanol–water partition coefficient (Wildman–Crippen LogP) is 3.12. The standard InChI is InChI=1S/C11H17ClN2S/c1-14(7-9-6-13-8-15-9)11-5-3-2-4-10(11)12/h6,8,10-11H,2-5,7H2,1H3.